The fourth-order valence-electron chi connectivity index (χ4n) is 1.85. The smallest absolute Gasteiger partial charge is 0.0801 e. The molecule has 1 aromatic carbocycles. The molecule has 0 radical (unpaired) electrons. The third kappa shape index (κ3) is 3.09. The molecule has 94 valence electrons. The fraction of sp³-hybridized carbons (Fsp3) is 0.286. The molecule has 1 aromatic heterocycles. The van der Waals surface area contributed by atoms with Crippen molar-refractivity contribution in [2.24, 2.45) is 0 Å². The van der Waals surface area contributed by atoms with Crippen LogP contribution in [0.3, 0.4) is 0 Å². The summed E-state index contributed by atoms with van der Waals surface area (Å²) in [6, 6.07) is 8.68. The van der Waals surface area contributed by atoms with Crippen molar-refractivity contribution in [1.29, 1.82) is 0 Å². The van der Waals surface area contributed by atoms with Gasteiger partial charge in [-0.05, 0) is 30.5 Å². The van der Waals surface area contributed by atoms with E-state index in [1.807, 2.05) is 6.20 Å². The Balaban J connectivity index is 2.29. The first-order valence-corrected chi connectivity index (χ1v) is 7.21. The molecule has 1 N–H and O–H groups in total. The van der Waals surface area contributed by atoms with E-state index in [2.05, 4.69) is 52.7 Å². The second-order valence-corrected chi connectivity index (χ2v) is 4.77. The number of rotatable bonds is 5. The molecule has 0 aliphatic rings. The lowest BCUT2D eigenvalue weighted by atomic mass is 10.0. The van der Waals surface area contributed by atoms with E-state index >= 15 is 0 Å². The SMILES string of the molecule is CCNC(c1ccc(SC)cc1)c1cnccn1. The summed E-state index contributed by atoms with van der Waals surface area (Å²) in [6.07, 6.45) is 7.33. The van der Waals surface area contributed by atoms with E-state index in [-0.39, 0.29) is 6.04 Å². The normalized spacial score (nSPS) is 12.3. The zero-order valence-electron chi connectivity index (χ0n) is 10.6. The van der Waals surface area contributed by atoms with Gasteiger partial charge in [0.1, 0.15) is 0 Å². The molecule has 18 heavy (non-hydrogen) atoms. The number of benzene rings is 1. The predicted octanol–water partition coefficient (Wildman–Crippen LogP) is 2.90. The van der Waals surface area contributed by atoms with Crippen LogP contribution in [0.2, 0.25) is 0 Å². The van der Waals surface area contributed by atoms with E-state index < -0.39 is 0 Å². The highest BCUT2D eigenvalue weighted by Gasteiger charge is 2.13. The molecule has 2 rings (SSSR count). The molecule has 0 aliphatic heterocycles. The summed E-state index contributed by atoms with van der Waals surface area (Å²) in [6.45, 7) is 2.99. The first-order chi connectivity index (χ1) is 8.85. The zero-order valence-corrected chi connectivity index (χ0v) is 11.4. The first kappa shape index (κ1) is 13.1. The Morgan fingerprint density at radius 2 is 2.00 bits per heavy atom. The van der Waals surface area contributed by atoms with Gasteiger partial charge in [0.2, 0.25) is 0 Å². The summed E-state index contributed by atoms with van der Waals surface area (Å²) in [7, 11) is 0. The number of thioether (sulfide) groups is 1. The van der Waals surface area contributed by atoms with Gasteiger partial charge in [0.25, 0.3) is 0 Å². The average molecular weight is 259 g/mol. The highest BCUT2D eigenvalue weighted by molar-refractivity contribution is 7.98. The van der Waals surface area contributed by atoms with Crippen molar-refractivity contribution >= 4 is 11.8 Å². The Labute approximate surface area is 112 Å². The van der Waals surface area contributed by atoms with Crippen molar-refractivity contribution in [2.45, 2.75) is 17.9 Å². The molecule has 0 bridgehead atoms. The van der Waals surface area contributed by atoms with Crippen LogP contribution in [0.5, 0.6) is 0 Å². The molecule has 0 saturated heterocycles. The van der Waals surface area contributed by atoms with E-state index in [0.717, 1.165) is 12.2 Å². The second-order valence-electron chi connectivity index (χ2n) is 3.89. The summed E-state index contributed by atoms with van der Waals surface area (Å²) in [4.78, 5) is 9.80. The molecule has 1 unspecified atom stereocenters. The lowest BCUT2D eigenvalue weighted by molar-refractivity contribution is 0.612. The molecular weight excluding hydrogens is 242 g/mol. The van der Waals surface area contributed by atoms with Gasteiger partial charge in [-0.2, -0.15) is 0 Å². The van der Waals surface area contributed by atoms with Crippen LogP contribution in [-0.2, 0) is 0 Å². The fourth-order valence-corrected chi connectivity index (χ4v) is 2.26. The monoisotopic (exact) mass is 259 g/mol. The van der Waals surface area contributed by atoms with Crippen LogP contribution in [0.25, 0.3) is 0 Å². The van der Waals surface area contributed by atoms with Gasteiger partial charge >= 0.3 is 0 Å². The van der Waals surface area contributed by atoms with E-state index in [4.69, 9.17) is 0 Å². The van der Waals surface area contributed by atoms with Crippen LogP contribution in [0, 0.1) is 0 Å². The molecule has 0 saturated carbocycles. The minimum atomic E-state index is 0.111. The molecular formula is C14H17N3S. The molecule has 2 aromatic rings. The van der Waals surface area contributed by atoms with Gasteiger partial charge in [0, 0.05) is 17.3 Å². The Morgan fingerprint density at radius 1 is 1.22 bits per heavy atom. The van der Waals surface area contributed by atoms with Crippen LogP contribution in [0.15, 0.2) is 47.8 Å². The quantitative estimate of drug-likeness (QED) is 0.838. The molecule has 0 amide bonds. The maximum Gasteiger partial charge on any atom is 0.0801 e. The number of hydrogen-bond acceptors (Lipinski definition) is 4. The van der Waals surface area contributed by atoms with Gasteiger partial charge in [0.05, 0.1) is 17.9 Å². The van der Waals surface area contributed by atoms with E-state index in [0.29, 0.717) is 0 Å². The zero-order chi connectivity index (χ0) is 12.8. The highest BCUT2D eigenvalue weighted by atomic mass is 32.2. The van der Waals surface area contributed by atoms with E-state index in [9.17, 15) is 0 Å². The largest absolute Gasteiger partial charge is 0.305 e. The summed E-state index contributed by atoms with van der Waals surface area (Å²) < 4.78 is 0. The molecule has 1 heterocycles. The summed E-state index contributed by atoms with van der Waals surface area (Å²) >= 11 is 1.75. The van der Waals surface area contributed by atoms with Crippen LogP contribution in [-0.4, -0.2) is 22.8 Å². The second kappa shape index (κ2) is 6.52. The minimum absolute atomic E-state index is 0.111. The molecule has 1 atom stereocenters. The van der Waals surface area contributed by atoms with Crippen molar-refractivity contribution in [3.05, 3.63) is 54.1 Å². The van der Waals surface area contributed by atoms with Crippen LogP contribution in [0.1, 0.15) is 24.2 Å². The number of hydrogen-bond donors (Lipinski definition) is 1. The Morgan fingerprint density at radius 3 is 2.56 bits per heavy atom. The molecule has 0 aliphatic carbocycles. The van der Waals surface area contributed by atoms with Crippen molar-refractivity contribution in [3.8, 4) is 0 Å². The Hall–Kier alpha value is -1.39. The Kier molecular flexibility index (Phi) is 4.73. The molecule has 3 nitrogen and oxygen atoms in total. The average Bonchev–Trinajstić information content (AvgIpc) is 2.46. The van der Waals surface area contributed by atoms with Gasteiger partial charge in [-0.1, -0.05) is 19.1 Å². The van der Waals surface area contributed by atoms with Crippen molar-refractivity contribution in [3.63, 3.8) is 0 Å². The third-order valence-corrected chi connectivity index (χ3v) is 3.48. The van der Waals surface area contributed by atoms with Gasteiger partial charge in [-0.25, -0.2) is 0 Å². The van der Waals surface area contributed by atoms with Crippen molar-refractivity contribution < 1.29 is 0 Å². The topological polar surface area (TPSA) is 37.8 Å². The maximum absolute atomic E-state index is 4.39. The van der Waals surface area contributed by atoms with E-state index in [1.165, 1.54) is 10.5 Å². The molecule has 0 fully saturated rings. The Bertz CT molecular complexity index is 470. The van der Waals surface area contributed by atoms with E-state index in [1.54, 1.807) is 24.2 Å². The van der Waals surface area contributed by atoms with Crippen LogP contribution >= 0.6 is 11.8 Å². The highest BCUT2D eigenvalue weighted by Crippen LogP contribution is 2.22. The van der Waals surface area contributed by atoms with Crippen LogP contribution < -0.4 is 5.32 Å². The number of nitrogens with one attached hydrogen (secondary N) is 1. The molecule has 0 spiro atoms. The molecule has 4 heteroatoms. The van der Waals surface area contributed by atoms with Crippen molar-refractivity contribution in [2.75, 3.05) is 12.8 Å². The predicted molar refractivity (Wildman–Crippen MR) is 75.8 cm³/mol. The minimum Gasteiger partial charge on any atom is -0.305 e. The maximum atomic E-state index is 4.39. The number of nitrogens with zero attached hydrogens (tertiary/aromatic N) is 2. The van der Waals surface area contributed by atoms with Gasteiger partial charge < -0.3 is 5.32 Å². The standard InChI is InChI=1S/C14H17N3S/c1-3-16-14(13-10-15-8-9-17-13)11-4-6-12(18-2)7-5-11/h4-10,14,16H,3H2,1-2H3. The lowest BCUT2D eigenvalue weighted by Crippen LogP contribution is -2.23. The van der Waals surface area contributed by atoms with Crippen molar-refractivity contribution in [1.82, 2.24) is 15.3 Å². The number of aromatic nitrogens is 2. The van der Waals surface area contributed by atoms with Gasteiger partial charge in [-0.15, -0.1) is 11.8 Å². The summed E-state index contributed by atoms with van der Waals surface area (Å²) in [5.41, 5.74) is 2.17. The van der Waals surface area contributed by atoms with Gasteiger partial charge in [-0.3, -0.25) is 9.97 Å². The lowest BCUT2D eigenvalue weighted by Gasteiger charge is -2.17. The third-order valence-electron chi connectivity index (χ3n) is 2.74. The first-order valence-electron chi connectivity index (χ1n) is 5.98. The van der Waals surface area contributed by atoms with Crippen LogP contribution in [0.4, 0.5) is 0 Å². The summed E-state index contributed by atoms with van der Waals surface area (Å²) in [5, 5.41) is 3.44. The summed E-state index contributed by atoms with van der Waals surface area (Å²) in [5.74, 6) is 0. The van der Waals surface area contributed by atoms with Gasteiger partial charge in [0.15, 0.2) is 0 Å².